The van der Waals surface area contributed by atoms with Crippen LogP contribution in [0.3, 0.4) is 0 Å². The predicted molar refractivity (Wildman–Crippen MR) is 166 cm³/mol. The number of ether oxygens (including phenoxy) is 1. The lowest BCUT2D eigenvalue weighted by Crippen LogP contribution is -2.38. The van der Waals surface area contributed by atoms with Crippen LogP contribution in [0.5, 0.6) is 5.75 Å². The van der Waals surface area contributed by atoms with Gasteiger partial charge in [-0.25, -0.2) is 16.8 Å². The average molecular weight is 703 g/mol. The summed E-state index contributed by atoms with van der Waals surface area (Å²) in [7, 11) is -7.32. The molecular formula is C29H24Cl2F3N3O6S2. The van der Waals surface area contributed by atoms with Gasteiger partial charge in [0.05, 0.1) is 33.2 Å². The number of carbonyl (C=O) groups excluding carboxylic acids is 1. The second-order valence-electron chi connectivity index (χ2n) is 9.51. The minimum atomic E-state index is -4.80. The van der Waals surface area contributed by atoms with E-state index in [-0.39, 0.29) is 37.6 Å². The Morgan fingerprint density at radius 1 is 0.844 bits per heavy atom. The molecule has 0 fully saturated rings. The third-order valence-corrected chi connectivity index (χ3v) is 10.0. The molecule has 1 amide bonds. The van der Waals surface area contributed by atoms with Crippen LogP contribution in [-0.2, 0) is 31.0 Å². The molecule has 4 aromatic rings. The largest absolute Gasteiger partial charge is 0.495 e. The van der Waals surface area contributed by atoms with Crippen molar-refractivity contribution in [2.45, 2.75) is 22.9 Å². The molecule has 0 atom stereocenters. The van der Waals surface area contributed by atoms with Crippen LogP contribution in [0.4, 0.5) is 30.2 Å². The number of aryl methyl sites for hydroxylation is 1. The molecule has 0 radical (unpaired) electrons. The van der Waals surface area contributed by atoms with Crippen molar-refractivity contribution < 1.29 is 39.5 Å². The number of anilines is 3. The summed E-state index contributed by atoms with van der Waals surface area (Å²) < 4.78 is 101. The summed E-state index contributed by atoms with van der Waals surface area (Å²) in [6, 6.07) is 17.5. The number of benzene rings is 4. The highest BCUT2D eigenvalue weighted by molar-refractivity contribution is 7.93. The number of hydrogen-bond donors (Lipinski definition) is 2. The summed E-state index contributed by atoms with van der Waals surface area (Å²) in [5.74, 6) is -0.657. The molecule has 0 bridgehead atoms. The van der Waals surface area contributed by atoms with E-state index in [4.69, 9.17) is 27.9 Å². The summed E-state index contributed by atoms with van der Waals surface area (Å²) in [6.07, 6.45) is -4.80. The van der Waals surface area contributed by atoms with Crippen LogP contribution < -0.4 is 19.1 Å². The van der Waals surface area contributed by atoms with Gasteiger partial charge in [-0.3, -0.25) is 13.8 Å². The van der Waals surface area contributed by atoms with Crippen LogP contribution in [0.15, 0.2) is 94.7 Å². The first-order valence-electron chi connectivity index (χ1n) is 12.7. The second-order valence-corrected chi connectivity index (χ2v) is 13.9. The molecule has 4 aromatic carbocycles. The highest BCUT2D eigenvalue weighted by Crippen LogP contribution is 2.37. The van der Waals surface area contributed by atoms with Gasteiger partial charge in [-0.2, -0.15) is 13.2 Å². The highest BCUT2D eigenvalue weighted by atomic mass is 35.5. The molecule has 0 saturated heterocycles. The van der Waals surface area contributed by atoms with Gasteiger partial charge in [0.2, 0.25) is 5.91 Å². The molecule has 0 aliphatic rings. The number of nitrogens with one attached hydrogen (secondary N) is 2. The van der Waals surface area contributed by atoms with E-state index in [0.29, 0.717) is 6.07 Å². The SMILES string of the molecule is COc1ccc(Cl)cc1N(CC(=O)Nc1ccc(S(=O)(=O)Nc2ccc(Cl)c(C(F)(F)F)c2)cc1)S(=O)(=O)c1ccc(C)cc1. The fourth-order valence-electron chi connectivity index (χ4n) is 4.06. The summed E-state index contributed by atoms with van der Waals surface area (Å²) >= 11 is 11.7. The van der Waals surface area contributed by atoms with E-state index in [2.05, 4.69) is 10.0 Å². The minimum Gasteiger partial charge on any atom is -0.495 e. The monoisotopic (exact) mass is 701 g/mol. The number of methoxy groups -OCH3 is 1. The minimum absolute atomic E-state index is 0.00382. The number of halogens is 5. The number of alkyl halides is 3. The second kappa shape index (κ2) is 13.2. The Balaban J connectivity index is 1.57. The smallest absolute Gasteiger partial charge is 0.417 e. The van der Waals surface area contributed by atoms with E-state index in [1.807, 2.05) is 0 Å². The number of carbonyl (C=O) groups is 1. The lowest BCUT2D eigenvalue weighted by Gasteiger charge is -2.26. The van der Waals surface area contributed by atoms with Gasteiger partial charge in [-0.1, -0.05) is 40.9 Å². The molecule has 0 aromatic heterocycles. The molecular weight excluding hydrogens is 678 g/mol. The summed E-state index contributed by atoms with van der Waals surface area (Å²) in [5.41, 5.74) is -0.648. The number of hydrogen-bond acceptors (Lipinski definition) is 6. The fourth-order valence-corrected chi connectivity index (χ4v) is 6.93. The van der Waals surface area contributed by atoms with E-state index in [1.54, 1.807) is 19.1 Å². The quantitative estimate of drug-likeness (QED) is 0.184. The van der Waals surface area contributed by atoms with Gasteiger partial charge in [0.1, 0.15) is 12.3 Å². The van der Waals surface area contributed by atoms with Gasteiger partial charge in [-0.05, 0) is 79.7 Å². The number of amides is 1. The van der Waals surface area contributed by atoms with Crippen LogP contribution in [0.1, 0.15) is 11.1 Å². The van der Waals surface area contributed by atoms with E-state index >= 15 is 0 Å². The van der Waals surface area contributed by atoms with Gasteiger partial charge in [0.25, 0.3) is 20.0 Å². The number of sulfonamides is 2. The molecule has 0 aliphatic carbocycles. The van der Waals surface area contributed by atoms with Crippen molar-refractivity contribution in [2.75, 3.05) is 28.0 Å². The summed E-state index contributed by atoms with van der Waals surface area (Å²) in [6.45, 7) is 1.07. The van der Waals surface area contributed by atoms with Crippen molar-refractivity contribution in [1.82, 2.24) is 0 Å². The first kappa shape index (κ1) is 33.9. The van der Waals surface area contributed by atoms with Crippen molar-refractivity contribution in [3.63, 3.8) is 0 Å². The van der Waals surface area contributed by atoms with Crippen LogP contribution in [0.2, 0.25) is 10.0 Å². The lowest BCUT2D eigenvalue weighted by atomic mass is 10.2. The normalized spacial score (nSPS) is 12.0. The zero-order valence-corrected chi connectivity index (χ0v) is 26.5. The molecule has 0 saturated carbocycles. The third-order valence-electron chi connectivity index (χ3n) is 6.28. The van der Waals surface area contributed by atoms with Gasteiger partial charge in [-0.15, -0.1) is 0 Å². The third kappa shape index (κ3) is 8.00. The lowest BCUT2D eigenvalue weighted by molar-refractivity contribution is -0.137. The highest BCUT2D eigenvalue weighted by Gasteiger charge is 2.34. The first-order valence-corrected chi connectivity index (χ1v) is 16.4. The molecule has 16 heteroatoms. The van der Waals surface area contributed by atoms with E-state index < -0.39 is 49.3 Å². The fraction of sp³-hybridized carbons (Fsp3) is 0.138. The molecule has 9 nitrogen and oxygen atoms in total. The maximum atomic E-state index is 13.7. The van der Waals surface area contributed by atoms with E-state index in [1.165, 1.54) is 49.6 Å². The topological polar surface area (TPSA) is 122 Å². The van der Waals surface area contributed by atoms with E-state index in [9.17, 15) is 34.8 Å². The van der Waals surface area contributed by atoms with Gasteiger partial charge < -0.3 is 10.1 Å². The Morgan fingerprint density at radius 2 is 1.44 bits per heavy atom. The maximum absolute atomic E-state index is 13.7. The number of rotatable bonds is 10. The zero-order valence-electron chi connectivity index (χ0n) is 23.4. The Hall–Kier alpha value is -3.98. The molecule has 0 spiro atoms. The van der Waals surface area contributed by atoms with Crippen molar-refractivity contribution >= 4 is 66.2 Å². The Morgan fingerprint density at radius 3 is 2.04 bits per heavy atom. The average Bonchev–Trinajstić information content (AvgIpc) is 2.96. The Labute approximate surface area is 267 Å². The molecule has 4 rings (SSSR count). The van der Waals surface area contributed by atoms with Gasteiger partial charge in [0, 0.05) is 16.4 Å². The van der Waals surface area contributed by atoms with Crippen molar-refractivity contribution in [3.8, 4) is 5.75 Å². The van der Waals surface area contributed by atoms with Crippen molar-refractivity contribution in [3.05, 3.63) is 106 Å². The van der Waals surface area contributed by atoms with Gasteiger partial charge in [0.15, 0.2) is 0 Å². The Kier molecular flexibility index (Phi) is 9.92. The standard InChI is InChI=1S/C29H24Cl2F3N3O6S2/c1-18-3-9-23(10-4-18)45(41,42)37(26-15-19(30)5-14-27(26)43-2)17-28(38)35-20-6-11-22(12-7-20)44(39,40)36-21-8-13-25(31)24(16-21)29(32,33)34/h3-16,36H,17H2,1-2H3,(H,35,38). The molecule has 0 aliphatic heterocycles. The predicted octanol–water partition coefficient (Wildman–Crippen LogP) is 6.96. The first-order chi connectivity index (χ1) is 21.0. The van der Waals surface area contributed by atoms with Crippen molar-refractivity contribution in [1.29, 1.82) is 0 Å². The number of nitrogens with zero attached hydrogens (tertiary/aromatic N) is 1. The van der Waals surface area contributed by atoms with E-state index in [0.717, 1.165) is 34.1 Å². The Bertz CT molecular complexity index is 1940. The summed E-state index contributed by atoms with van der Waals surface area (Å²) in [5, 5.41) is 2.11. The zero-order chi connectivity index (χ0) is 33.2. The van der Waals surface area contributed by atoms with Crippen LogP contribution in [-0.4, -0.2) is 36.4 Å². The van der Waals surface area contributed by atoms with Crippen LogP contribution in [0, 0.1) is 6.92 Å². The molecule has 0 unspecified atom stereocenters. The molecule has 45 heavy (non-hydrogen) atoms. The molecule has 0 heterocycles. The molecule has 238 valence electrons. The van der Waals surface area contributed by atoms with Gasteiger partial charge >= 0.3 is 6.18 Å². The maximum Gasteiger partial charge on any atom is 0.417 e. The van der Waals surface area contributed by atoms with Crippen LogP contribution >= 0.6 is 23.2 Å². The summed E-state index contributed by atoms with van der Waals surface area (Å²) in [4.78, 5) is 12.7. The molecule has 2 N–H and O–H groups in total. The van der Waals surface area contributed by atoms with Crippen LogP contribution in [0.25, 0.3) is 0 Å². The van der Waals surface area contributed by atoms with Crippen molar-refractivity contribution in [2.24, 2.45) is 0 Å².